The summed E-state index contributed by atoms with van der Waals surface area (Å²) >= 11 is 0. The van der Waals surface area contributed by atoms with E-state index in [0.29, 0.717) is 6.54 Å². The zero-order valence-electron chi connectivity index (χ0n) is 10.3. The number of nitrogens with zero attached hydrogens (tertiary/aromatic N) is 1. The topological polar surface area (TPSA) is 20.3 Å². The van der Waals surface area contributed by atoms with Crippen LogP contribution in [0, 0.1) is 5.41 Å². The molecule has 0 aliphatic rings. The quantitative estimate of drug-likeness (QED) is 0.466. The summed E-state index contributed by atoms with van der Waals surface area (Å²) in [6.45, 7) is 15.1. The number of carbonyl (C=O) groups is 1. The number of hydrogen-bond acceptors (Lipinski definition) is 1. The first kappa shape index (κ1) is 13.9. The lowest BCUT2D eigenvalue weighted by Gasteiger charge is -2.31. The van der Waals surface area contributed by atoms with Crippen LogP contribution >= 0.6 is 0 Å². The Bertz CT molecular complexity index is 231. The molecule has 0 aromatic heterocycles. The summed E-state index contributed by atoms with van der Waals surface area (Å²) in [6.07, 6.45) is 5.37. The van der Waals surface area contributed by atoms with E-state index in [1.807, 2.05) is 0 Å². The molecule has 0 atom stereocenters. The van der Waals surface area contributed by atoms with E-state index in [0.717, 1.165) is 19.4 Å². The van der Waals surface area contributed by atoms with Crippen molar-refractivity contribution in [2.45, 2.75) is 33.6 Å². The Morgan fingerprint density at radius 1 is 1.40 bits per heavy atom. The second-order valence-electron chi connectivity index (χ2n) is 4.63. The van der Waals surface area contributed by atoms with Crippen molar-refractivity contribution in [3.05, 3.63) is 25.3 Å². The molecule has 0 N–H and O–H groups in total. The summed E-state index contributed by atoms with van der Waals surface area (Å²) in [5.41, 5.74) is 0.163. The van der Waals surface area contributed by atoms with Gasteiger partial charge in [0.25, 0.3) is 0 Å². The van der Waals surface area contributed by atoms with Crippen molar-refractivity contribution in [3.8, 4) is 0 Å². The van der Waals surface area contributed by atoms with Crippen molar-refractivity contribution < 1.29 is 4.79 Å². The van der Waals surface area contributed by atoms with Crippen LogP contribution in [0.4, 0.5) is 0 Å². The van der Waals surface area contributed by atoms with Crippen LogP contribution in [0.5, 0.6) is 0 Å². The smallest absolute Gasteiger partial charge is 0.246 e. The Balaban J connectivity index is 4.45. The zero-order chi connectivity index (χ0) is 11.9. The molecule has 0 radical (unpaired) electrons. The second kappa shape index (κ2) is 6.44. The first-order valence-corrected chi connectivity index (χ1v) is 5.49. The molecule has 0 bridgehead atoms. The van der Waals surface area contributed by atoms with Crippen LogP contribution in [0.25, 0.3) is 0 Å². The lowest BCUT2D eigenvalue weighted by Crippen LogP contribution is -2.38. The van der Waals surface area contributed by atoms with E-state index >= 15 is 0 Å². The van der Waals surface area contributed by atoms with E-state index in [2.05, 4.69) is 33.9 Å². The molecule has 86 valence electrons. The molecule has 0 unspecified atom stereocenters. The first-order chi connectivity index (χ1) is 6.96. The maximum Gasteiger partial charge on any atom is 0.246 e. The molecule has 0 spiro atoms. The van der Waals surface area contributed by atoms with Gasteiger partial charge in [0.1, 0.15) is 0 Å². The van der Waals surface area contributed by atoms with Crippen LogP contribution in [0.2, 0.25) is 0 Å². The highest BCUT2D eigenvalue weighted by Gasteiger charge is 2.22. The van der Waals surface area contributed by atoms with Gasteiger partial charge < -0.3 is 4.90 Å². The van der Waals surface area contributed by atoms with Crippen molar-refractivity contribution in [3.63, 3.8) is 0 Å². The Kier molecular flexibility index (Phi) is 5.99. The van der Waals surface area contributed by atoms with Gasteiger partial charge >= 0.3 is 0 Å². The van der Waals surface area contributed by atoms with E-state index in [9.17, 15) is 4.79 Å². The van der Waals surface area contributed by atoms with Crippen molar-refractivity contribution in [2.75, 3.05) is 13.1 Å². The molecular weight excluding hydrogens is 186 g/mol. The largest absolute Gasteiger partial charge is 0.335 e. The molecule has 1 amide bonds. The molecule has 0 saturated heterocycles. The molecule has 2 nitrogen and oxygen atoms in total. The summed E-state index contributed by atoms with van der Waals surface area (Å²) in [4.78, 5) is 13.3. The average Bonchev–Trinajstić information content (AvgIpc) is 2.15. The van der Waals surface area contributed by atoms with Gasteiger partial charge in [-0.2, -0.15) is 0 Å². The maximum absolute atomic E-state index is 11.5. The Hall–Kier alpha value is -1.05. The average molecular weight is 209 g/mol. The van der Waals surface area contributed by atoms with Crippen LogP contribution in [-0.2, 0) is 4.79 Å². The standard InChI is InChI=1S/C13H23NO/c1-6-9-13(4,5)11-14(10-7-2)12(15)8-3/h7-8H,2-3,6,9-11H2,1,4-5H3. The van der Waals surface area contributed by atoms with Gasteiger partial charge in [0.2, 0.25) is 5.91 Å². The molecule has 0 aliphatic heterocycles. The van der Waals surface area contributed by atoms with Gasteiger partial charge in [0.15, 0.2) is 0 Å². The maximum atomic E-state index is 11.5. The predicted octanol–water partition coefficient (Wildman–Crippen LogP) is 3.01. The van der Waals surface area contributed by atoms with Crippen LogP contribution in [0.1, 0.15) is 33.6 Å². The minimum atomic E-state index is -0.0147. The first-order valence-electron chi connectivity index (χ1n) is 5.49. The molecule has 2 heteroatoms. The zero-order valence-corrected chi connectivity index (χ0v) is 10.3. The molecule has 15 heavy (non-hydrogen) atoms. The van der Waals surface area contributed by atoms with E-state index in [1.54, 1.807) is 11.0 Å². The van der Waals surface area contributed by atoms with Crippen molar-refractivity contribution >= 4 is 5.91 Å². The predicted molar refractivity (Wildman–Crippen MR) is 65.7 cm³/mol. The molecule has 0 heterocycles. The Labute approximate surface area is 93.7 Å². The second-order valence-corrected chi connectivity index (χ2v) is 4.63. The fourth-order valence-electron chi connectivity index (χ4n) is 1.79. The molecule has 0 fully saturated rings. The molecule has 0 rings (SSSR count). The van der Waals surface area contributed by atoms with Crippen molar-refractivity contribution in [2.24, 2.45) is 5.41 Å². The van der Waals surface area contributed by atoms with E-state index in [4.69, 9.17) is 0 Å². The fraction of sp³-hybridized carbons (Fsp3) is 0.615. The normalized spacial score (nSPS) is 10.9. The molecular formula is C13H23NO. The van der Waals surface area contributed by atoms with Crippen LogP contribution in [0.15, 0.2) is 25.3 Å². The summed E-state index contributed by atoms with van der Waals surface area (Å²) in [5.74, 6) is -0.0147. The van der Waals surface area contributed by atoms with Gasteiger partial charge in [-0.05, 0) is 17.9 Å². The molecule has 0 saturated carbocycles. The van der Waals surface area contributed by atoms with Gasteiger partial charge in [-0.15, -0.1) is 6.58 Å². The highest BCUT2D eigenvalue weighted by molar-refractivity contribution is 5.87. The Morgan fingerprint density at radius 2 is 2.00 bits per heavy atom. The molecule has 0 aromatic rings. The molecule has 0 aromatic carbocycles. The van der Waals surface area contributed by atoms with E-state index < -0.39 is 0 Å². The van der Waals surface area contributed by atoms with Crippen molar-refractivity contribution in [1.82, 2.24) is 4.90 Å². The van der Waals surface area contributed by atoms with E-state index in [1.165, 1.54) is 6.08 Å². The minimum absolute atomic E-state index is 0.0147. The van der Waals surface area contributed by atoms with Crippen LogP contribution < -0.4 is 0 Å². The van der Waals surface area contributed by atoms with Crippen LogP contribution in [0.3, 0.4) is 0 Å². The lowest BCUT2D eigenvalue weighted by molar-refractivity contribution is -0.126. The fourth-order valence-corrected chi connectivity index (χ4v) is 1.79. The van der Waals surface area contributed by atoms with Crippen LogP contribution in [-0.4, -0.2) is 23.9 Å². The minimum Gasteiger partial charge on any atom is -0.335 e. The highest BCUT2D eigenvalue weighted by Crippen LogP contribution is 2.23. The van der Waals surface area contributed by atoms with Gasteiger partial charge in [0.05, 0.1) is 0 Å². The summed E-state index contributed by atoms with van der Waals surface area (Å²) in [5, 5.41) is 0. The van der Waals surface area contributed by atoms with E-state index in [-0.39, 0.29) is 11.3 Å². The number of hydrogen-bond donors (Lipinski definition) is 0. The van der Waals surface area contributed by atoms with Gasteiger partial charge in [-0.25, -0.2) is 0 Å². The lowest BCUT2D eigenvalue weighted by atomic mass is 9.87. The number of carbonyl (C=O) groups excluding carboxylic acids is 1. The SMILES string of the molecule is C=CCN(CC(C)(C)CCC)C(=O)C=C. The highest BCUT2D eigenvalue weighted by atomic mass is 16.2. The number of rotatable bonds is 7. The molecule has 0 aliphatic carbocycles. The third kappa shape index (κ3) is 5.40. The summed E-state index contributed by atoms with van der Waals surface area (Å²) in [6, 6.07) is 0. The van der Waals surface area contributed by atoms with Crippen molar-refractivity contribution in [1.29, 1.82) is 0 Å². The number of amides is 1. The third-order valence-corrected chi connectivity index (χ3v) is 2.38. The van der Waals surface area contributed by atoms with Gasteiger partial charge in [0, 0.05) is 13.1 Å². The monoisotopic (exact) mass is 209 g/mol. The summed E-state index contributed by atoms with van der Waals surface area (Å²) < 4.78 is 0. The third-order valence-electron chi connectivity index (χ3n) is 2.38. The Morgan fingerprint density at radius 3 is 2.40 bits per heavy atom. The summed E-state index contributed by atoms with van der Waals surface area (Å²) in [7, 11) is 0. The van der Waals surface area contributed by atoms with Gasteiger partial charge in [-0.1, -0.05) is 39.8 Å². The van der Waals surface area contributed by atoms with Gasteiger partial charge in [-0.3, -0.25) is 4.79 Å².